The molecule has 0 aliphatic heterocycles. The van der Waals surface area contributed by atoms with Crippen LogP contribution in [-0.4, -0.2) is 24.5 Å². The molecule has 0 aliphatic rings. The van der Waals surface area contributed by atoms with Crippen LogP contribution >= 0.6 is 23.7 Å². The van der Waals surface area contributed by atoms with Crippen LogP contribution < -0.4 is 10.6 Å². The summed E-state index contributed by atoms with van der Waals surface area (Å²) in [4.78, 5) is 15.8. The average Bonchev–Trinajstić information content (AvgIpc) is 2.66. The zero-order chi connectivity index (χ0) is 12.0. The third-order valence-corrected chi connectivity index (χ3v) is 2.97. The Hall–Kier alpha value is -0.650. The summed E-state index contributed by atoms with van der Waals surface area (Å²) in [6.07, 6.45) is 1.39. The average molecular weight is 278 g/mol. The van der Waals surface area contributed by atoms with Crippen molar-refractivity contribution in [2.24, 2.45) is 0 Å². The molecular formula is C11H20ClN3OS. The molecule has 1 heterocycles. The van der Waals surface area contributed by atoms with Gasteiger partial charge in [0.05, 0.1) is 5.69 Å². The van der Waals surface area contributed by atoms with Crippen LogP contribution in [0.25, 0.3) is 0 Å². The summed E-state index contributed by atoms with van der Waals surface area (Å²) in [5.74, 6) is 0.450. The molecular weight excluding hydrogens is 258 g/mol. The second-order valence-electron chi connectivity index (χ2n) is 3.99. The normalized spacial score (nSPS) is 10.1. The van der Waals surface area contributed by atoms with E-state index in [-0.39, 0.29) is 18.3 Å². The van der Waals surface area contributed by atoms with E-state index >= 15 is 0 Å². The predicted octanol–water partition coefficient (Wildman–Crippen LogP) is 2.63. The van der Waals surface area contributed by atoms with E-state index in [1.807, 2.05) is 12.4 Å². The number of carbonyl (C=O) groups is 1. The summed E-state index contributed by atoms with van der Waals surface area (Å²) in [7, 11) is 1.88. The van der Waals surface area contributed by atoms with Gasteiger partial charge in [-0.15, -0.1) is 23.7 Å². The molecule has 0 radical (unpaired) electrons. The van der Waals surface area contributed by atoms with E-state index in [9.17, 15) is 4.79 Å². The van der Waals surface area contributed by atoms with Crippen LogP contribution in [0.1, 0.15) is 38.3 Å². The number of hydrogen-bond donors (Lipinski definition) is 2. The van der Waals surface area contributed by atoms with Crippen LogP contribution in [0.4, 0.5) is 5.13 Å². The third kappa shape index (κ3) is 6.00. The first-order valence-electron chi connectivity index (χ1n) is 5.53. The maximum absolute atomic E-state index is 11.5. The van der Waals surface area contributed by atoms with E-state index in [0.717, 1.165) is 18.7 Å². The van der Waals surface area contributed by atoms with Crippen LogP contribution in [0.5, 0.6) is 0 Å². The zero-order valence-electron chi connectivity index (χ0n) is 10.4. The molecule has 4 nitrogen and oxygen atoms in total. The van der Waals surface area contributed by atoms with Gasteiger partial charge in [-0.05, 0) is 25.9 Å². The fourth-order valence-electron chi connectivity index (χ4n) is 1.22. The number of carbonyl (C=O) groups excluding carboxylic acids is 1. The minimum Gasteiger partial charge on any atom is -0.320 e. The molecule has 6 heteroatoms. The highest BCUT2D eigenvalue weighted by molar-refractivity contribution is 7.13. The van der Waals surface area contributed by atoms with E-state index in [0.29, 0.717) is 17.5 Å². The van der Waals surface area contributed by atoms with Crippen molar-refractivity contribution < 1.29 is 4.79 Å². The number of hydrogen-bond acceptors (Lipinski definition) is 4. The Kier molecular flexibility index (Phi) is 8.12. The lowest BCUT2D eigenvalue weighted by atomic mass is 10.2. The van der Waals surface area contributed by atoms with E-state index in [1.165, 1.54) is 11.3 Å². The number of amides is 1. The van der Waals surface area contributed by atoms with Gasteiger partial charge < -0.3 is 10.6 Å². The van der Waals surface area contributed by atoms with E-state index in [1.54, 1.807) is 0 Å². The highest BCUT2D eigenvalue weighted by Crippen LogP contribution is 2.21. The van der Waals surface area contributed by atoms with Gasteiger partial charge in [0, 0.05) is 11.8 Å². The molecule has 0 saturated heterocycles. The number of anilines is 1. The van der Waals surface area contributed by atoms with Gasteiger partial charge in [-0.25, -0.2) is 4.98 Å². The number of nitrogens with one attached hydrogen (secondary N) is 2. The molecule has 17 heavy (non-hydrogen) atoms. The summed E-state index contributed by atoms with van der Waals surface area (Å²) >= 11 is 1.49. The maximum Gasteiger partial charge on any atom is 0.226 e. The molecule has 1 rings (SSSR count). The lowest BCUT2D eigenvalue weighted by Gasteiger charge is -2.01. The topological polar surface area (TPSA) is 54.0 Å². The Morgan fingerprint density at radius 3 is 2.76 bits per heavy atom. The van der Waals surface area contributed by atoms with Gasteiger partial charge in [0.2, 0.25) is 5.91 Å². The fraction of sp³-hybridized carbons (Fsp3) is 0.636. The number of thiazole rings is 1. The molecule has 0 aromatic carbocycles. The second-order valence-corrected chi connectivity index (χ2v) is 4.85. The van der Waals surface area contributed by atoms with Crippen molar-refractivity contribution >= 4 is 34.8 Å². The van der Waals surface area contributed by atoms with Gasteiger partial charge >= 0.3 is 0 Å². The maximum atomic E-state index is 11.5. The molecule has 0 aliphatic carbocycles. The van der Waals surface area contributed by atoms with Gasteiger partial charge in [0.15, 0.2) is 5.13 Å². The van der Waals surface area contributed by atoms with Crippen molar-refractivity contribution in [2.75, 3.05) is 18.9 Å². The molecule has 98 valence electrons. The highest BCUT2D eigenvalue weighted by atomic mass is 35.5. The van der Waals surface area contributed by atoms with Crippen molar-refractivity contribution in [1.82, 2.24) is 10.3 Å². The Morgan fingerprint density at radius 1 is 1.53 bits per heavy atom. The number of halogens is 1. The molecule has 0 fully saturated rings. The lowest BCUT2D eigenvalue weighted by Crippen LogP contribution is -2.15. The molecule has 2 N–H and O–H groups in total. The van der Waals surface area contributed by atoms with Gasteiger partial charge in [0.25, 0.3) is 0 Å². The summed E-state index contributed by atoms with van der Waals surface area (Å²) in [6.45, 7) is 5.05. The van der Waals surface area contributed by atoms with Crippen molar-refractivity contribution in [3.63, 3.8) is 0 Å². The number of rotatable bonds is 6. The van der Waals surface area contributed by atoms with Gasteiger partial charge in [-0.1, -0.05) is 13.8 Å². The SMILES string of the molecule is CNCCCC(=O)Nc1nc(C(C)C)cs1.Cl. The van der Waals surface area contributed by atoms with Crippen LogP contribution in [0.2, 0.25) is 0 Å². The zero-order valence-corrected chi connectivity index (χ0v) is 12.1. The second kappa shape index (κ2) is 8.44. The minimum atomic E-state index is 0. The van der Waals surface area contributed by atoms with Crippen LogP contribution in [0, 0.1) is 0 Å². The first-order chi connectivity index (χ1) is 7.63. The summed E-state index contributed by atoms with van der Waals surface area (Å²) in [6, 6.07) is 0. The Bertz CT molecular complexity index is 341. The van der Waals surface area contributed by atoms with E-state index in [2.05, 4.69) is 29.5 Å². The predicted molar refractivity (Wildman–Crippen MR) is 75.2 cm³/mol. The number of aromatic nitrogens is 1. The van der Waals surface area contributed by atoms with Crippen LogP contribution in [0.3, 0.4) is 0 Å². The largest absolute Gasteiger partial charge is 0.320 e. The van der Waals surface area contributed by atoms with Crippen molar-refractivity contribution in [1.29, 1.82) is 0 Å². The molecule has 0 unspecified atom stereocenters. The first-order valence-corrected chi connectivity index (χ1v) is 6.41. The number of nitrogens with zero attached hydrogens (tertiary/aromatic N) is 1. The van der Waals surface area contributed by atoms with Crippen LogP contribution in [-0.2, 0) is 4.79 Å². The third-order valence-electron chi connectivity index (χ3n) is 2.19. The Balaban J connectivity index is 0.00000256. The van der Waals surface area contributed by atoms with Gasteiger partial charge in [-0.3, -0.25) is 4.79 Å². The monoisotopic (exact) mass is 277 g/mol. The summed E-state index contributed by atoms with van der Waals surface area (Å²) < 4.78 is 0. The van der Waals surface area contributed by atoms with Gasteiger partial charge in [-0.2, -0.15) is 0 Å². The molecule has 0 saturated carbocycles. The van der Waals surface area contributed by atoms with Gasteiger partial charge in [0.1, 0.15) is 0 Å². The smallest absolute Gasteiger partial charge is 0.226 e. The van der Waals surface area contributed by atoms with Crippen molar-refractivity contribution in [3.05, 3.63) is 11.1 Å². The minimum absolute atomic E-state index is 0. The summed E-state index contributed by atoms with van der Waals surface area (Å²) in [5, 5.41) is 8.53. The van der Waals surface area contributed by atoms with E-state index < -0.39 is 0 Å². The standard InChI is InChI=1S/C11H19N3OS.ClH/c1-8(2)9-7-16-11(13-9)14-10(15)5-4-6-12-3;/h7-8,12H,4-6H2,1-3H3,(H,13,14,15);1H. The van der Waals surface area contributed by atoms with E-state index in [4.69, 9.17) is 0 Å². The summed E-state index contributed by atoms with van der Waals surface area (Å²) in [5.41, 5.74) is 1.04. The molecule has 0 spiro atoms. The lowest BCUT2D eigenvalue weighted by molar-refractivity contribution is -0.116. The first kappa shape index (κ1) is 16.4. The van der Waals surface area contributed by atoms with Crippen LogP contribution in [0.15, 0.2) is 5.38 Å². The molecule has 1 aromatic rings. The quantitative estimate of drug-likeness (QED) is 0.786. The fourth-order valence-corrected chi connectivity index (χ4v) is 2.10. The molecule has 0 atom stereocenters. The van der Waals surface area contributed by atoms with Crippen molar-refractivity contribution in [3.8, 4) is 0 Å². The molecule has 1 amide bonds. The Labute approximate surface area is 113 Å². The highest BCUT2D eigenvalue weighted by Gasteiger charge is 2.08. The van der Waals surface area contributed by atoms with Crippen molar-refractivity contribution in [2.45, 2.75) is 32.6 Å². The Morgan fingerprint density at radius 2 is 2.24 bits per heavy atom. The molecule has 0 bridgehead atoms. The molecule has 1 aromatic heterocycles.